The van der Waals surface area contributed by atoms with Gasteiger partial charge in [0.15, 0.2) is 5.96 Å². The van der Waals surface area contributed by atoms with E-state index in [2.05, 4.69) is 26.3 Å². The summed E-state index contributed by atoms with van der Waals surface area (Å²) in [5.74, 6) is 0.616. The number of aliphatic imine (C=N–C) groups is 1. The van der Waals surface area contributed by atoms with Crippen molar-refractivity contribution >= 4 is 41.5 Å². The SMILES string of the molecule is CCNC(=NCC(=O)Nc1ccc(O)cc1)N(C)Cc1cccn1C.I. The van der Waals surface area contributed by atoms with Gasteiger partial charge in [-0.25, -0.2) is 4.99 Å². The third-order valence-corrected chi connectivity index (χ3v) is 3.67. The number of aromatic hydroxyl groups is 1. The fourth-order valence-electron chi connectivity index (χ4n) is 2.34. The summed E-state index contributed by atoms with van der Waals surface area (Å²) in [6.07, 6.45) is 2.00. The van der Waals surface area contributed by atoms with Gasteiger partial charge in [0.2, 0.25) is 5.91 Å². The van der Waals surface area contributed by atoms with E-state index in [1.807, 2.05) is 38.2 Å². The van der Waals surface area contributed by atoms with Crippen molar-refractivity contribution < 1.29 is 9.90 Å². The molecule has 26 heavy (non-hydrogen) atoms. The summed E-state index contributed by atoms with van der Waals surface area (Å²) in [6, 6.07) is 10.4. The molecule has 0 unspecified atom stereocenters. The summed E-state index contributed by atoms with van der Waals surface area (Å²) in [7, 11) is 3.94. The Bertz CT molecular complexity index is 727. The Labute approximate surface area is 171 Å². The van der Waals surface area contributed by atoms with Gasteiger partial charge in [0.1, 0.15) is 12.3 Å². The van der Waals surface area contributed by atoms with Crippen molar-refractivity contribution in [3.05, 3.63) is 48.3 Å². The van der Waals surface area contributed by atoms with Crippen LogP contribution in [0.2, 0.25) is 0 Å². The zero-order valence-corrected chi connectivity index (χ0v) is 17.6. The minimum Gasteiger partial charge on any atom is -0.508 e. The Morgan fingerprint density at radius 1 is 1.27 bits per heavy atom. The molecule has 2 rings (SSSR count). The lowest BCUT2D eigenvalue weighted by molar-refractivity contribution is -0.114. The molecule has 0 fully saturated rings. The van der Waals surface area contributed by atoms with E-state index in [-0.39, 0.29) is 42.2 Å². The Kier molecular flexibility index (Phi) is 8.97. The number of hydrogen-bond acceptors (Lipinski definition) is 3. The molecule has 2 aromatic rings. The number of phenols is 1. The molecule has 0 aliphatic heterocycles. The molecule has 0 radical (unpaired) electrons. The van der Waals surface area contributed by atoms with Gasteiger partial charge in [-0.15, -0.1) is 24.0 Å². The van der Waals surface area contributed by atoms with Crippen molar-refractivity contribution in [2.75, 3.05) is 25.5 Å². The molecule has 0 bridgehead atoms. The molecule has 0 saturated carbocycles. The topological polar surface area (TPSA) is 81.9 Å². The molecule has 0 spiro atoms. The van der Waals surface area contributed by atoms with Gasteiger partial charge in [0.25, 0.3) is 0 Å². The summed E-state index contributed by atoms with van der Waals surface area (Å²) in [5.41, 5.74) is 1.78. The van der Waals surface area contributed by atoms with E-state index in [0.29, 0.717) is 18.2 Å². The number of hydrogen-bond donors (Lipinski definition) is 3. The molecular weight excluding hydrogens is 445 g/mol. The van der Waals surface area contributed by atoms with Gasteiger partial charge in [-0.3, -0.25) is 4.79 Å². The minimum atomic E-state index is -0.214. The third-order valence-electron chi connectivity index (χ3n) is 3.67. The van der Waals surface area contributed by atoms with Crippen LogP contribution >= 0.6 is 24.0 Å². The Hall–Kier alpha value is -2.23. The molecule has 1 amide bonds. The van der Waals surface area contributed by atoms with Crippen LogP contribution in [-0.2, 0) is 18.4 Å². The maximum atomic E-state index is 12.1. The first-order valence-corrected chi connectivity index (χ1v) is 8.18. The van der Waals surface area contributed by atoms with Crippen molar-refractivity contribution in [1.29, 1.82) is 0 Å². The Balaban J connectivity index is 0.00000338. The number of guanidine groups is 1. The highest BCUT2D eigenvalue weighted by atomic mass is 127. The predicted molar refractivity (Wildman–Crippen MR) is 115 cm³/mol. The molecule has 0 atom stereocenters. The highest BCUT2D eigenvalue weighted by Crippen LogP contribution is 2.13. The first kappa shape index (κ1) is 21.8. The number of phenolic OH excluding ortho intramolecular Hbond substituents is 1. The molecular formula is C18H26IN5O2. The van der Waals surface area contributed by atoms with Crippen molar-refractivity contribution in [3.8, 4) is 5.75 Å². The summed E-state index contributed by atoms with van der Waals surface area (Å²) in [4.78, 5) is 18.4. The van der Waals surface area contributed by atoms with Crippen LogP contribution in [0.5, 0.6) is 5.75 Å². The number of nitrogens with zero attached hydrogens (tertiary/aromatic N) is 3. The van der Waals surface area contributed by atoms with Crippen LogP contribution in [0.15, 0.2) is 47.6 Å². The van der Waals surface area contributed by atoms with Gasteiger partial charge < -0.3 is 25.2 Å². The van der Waals surface area contributed by atoms with Crippen LogP contribution in [0.1, 0.15) is 12.6 Å². The number of amides is 1. The largest absolute Gasteiger partial charge is 0.508 e. The molecule has 0 aliphatic carbocycles. The predicted octanol–water partition coefficient (Wildman–Crippen LogP) is 2.38. The number of benzene rings is 1. The summed E-state index contributed by atoms with van der Waals surface area (Å²) in [6.45, 7) is 3.41. The second-order valence-electron chi connectivity index (χ2n) is 5.73. The van der Waals surface area contributed by atoms with Crippen LogP contribution in [0, 0.1) is 0 Å². The Morgan fingerprint density at radius 3 is 2.54 bits per heavy atom. The highest BCUT2D eigenvalue weighted by molar-refractivity contribution is 14.0. The van der Waals surface area contributed by atoms with Crippen LogP contribution in [0.25, 0.3) is 0 Å². The summed E-state index contributed by atoms with van der Waals surface area (Å²) in [5, 5.41) is 15.2. The van der Waals surface area contributed by atoms with E-state index in [1.54, 1.807) is 12.1 Å². The molecule has 0 aliphatic rings. The van der Waals surface area contributed by atoms with Crippen LogP contribution in [0.3, 0.4) is 0 Å². The van der Waals surface area contributed by atoms with Crippen molar-refractivity contribution in [1.82, 2.24) is 14.8 Å². The average Bonchev–Trinajstić information content (AvgIpc) is 2.98. The molecule has 8 heteroatoms. The van der Waals surface area contributed by atoms with Gasteiger partial charge in [-0.05, 0) is 43.3 Å². The fourth-order valence-corrected chi connectivity index (χ4v) is 2.34. The zero-order chi connectivity index (χ0) is 18.2. The van der Waals surface area contributed by atoms with E-state index < -0.39 is 0 Å². The van der Waals surface area contributed by atoms with Crippen LogP contribution in [0.4, 0.5) is 5.69 Å². The first-order valence-electron chi connectivity index (χ1n) is 8.18. The number of nitrogens with one attached hydrogen (secondary N) is 2. The molecule has 3 N–H and O–H groups in total. The number of carbonyl (C=O) groups excluding carboxylic acids is 1. The van der Waals surface area contributed by atoms with Gasteiger partial charge in [-0.1, -0.05) is 0 Å². The quantitative estimate of drug-likeness (QED) is 0.262. The lowest BCUT2D eigenvalue weighted by Gasteiger charge is -2.22. The molecule has 1 aromatic carbocycles. The van der Waals surface area contributed by atoms with Crippen LogP contribution in [-0.4, -0.2) is 46.6 Å². The number of halogens is 1. The number of aromatic nitrogens is 1. The monoisotopic (exact) mass is 471 g/mol. The van der Waals surface area contributed by atoms with Gasteiger partial charge in [0.05, 0.1) is 6.54 Å². The summed E-state index contributed by atoms with van der Waals surface area (Å²) >= 11 is 0. The zero-order valence-electron chi connectivity index (χ0n) is 15.3. The molecule has 1 aromatic heterocycles. The van der Waals surface area contributed by atoms with Crippen molar-refractivity contribution in [2.24, 2.45) is 12.0 Å². The van der Waals surface area contributed by atoms with Crippen LogP contribution < -0.4 is 10.6 Å². The second-order valence-corrected chi connectivity index (χ2v) is 5.73. The lowest BCUT2D eigenvalue weighted by atomic mass is 10.3. The molecule has 7 nitrogen and oxygen atoms in total. The smallest absolute Gasteiger partial charge is 0.246 e. The number of anilines is 1. The van der Waals surface area contributed by atoms with Gasteiger partial charge >= 0.3 is 0 Å². The lowest BCUT2D eigenvalue weighted by Crippen LogP contribution is -2.39. The number of rotatable bonds is 6. The average molecular weight is 471 g/mol. The van der Waals surface area contributed by atoms with Crippen molar-refractivity contribution in [3.63, 3.8) is 0 Å². The van der Waals surface area contributed by atoms with E-state index in [4.69, 9.17) is 0 Å². The maximum absolute atomic E-state index is 12.1. The fraction of sp³-hybridized carbons (Fsp3) is 0.333. The first-order chi connectivity index (χ1) is 12.0. The van der Waals surface area contributed by atoms with Crippen molar-refractivity contribution in [2.45, 2.75) is 13.5 Å². The third kappa shape index (κ3) is 6.58. The Morgan fingerprint density at radius 2 is 1.96 bits per heavy atom. The number of aryl methyl sites for hydroxylation is 1. The number of carbonyl (C=O) groups is 1. The summed E-state index contributed by atoms with van der Waals surface area (Å²) < 4.78 is 2.05. The van der Waals surface area contributed by atoms with Gasteiger partial charge in [0, 0.05) is 38.2 Å². The second kappa shape index (κ2) is 10.7. The maximum Gasteiger partial charge on any atom is 0.246 e. The van der Waals surface area contributed by atoms with E-state index >= 15 is 0 Å². The van der Waals surface area contributed by atoms with Gasteiger partial charge in [-0.2, -0.15) is 0 Å². The molecule has 1 heterocycles. The van der Waals surface area contributed by atoms with E-state index in [9.17, 15) is 9.90 Å². The van der Waals surface area contributed by atoms with E-state index in [0.717, 1.165) is 12.2 Å². The highest BCUT2D eigenvalue weighted by Gasteiger charge is 2.09. The normalized spacial score (nSPS) is 10.8. The standard InChI is InChI=1S/C18H25N5O2.HI/c1-4-19-18(23(3)13-15-6-5-11-22(15)2)20-12-17(25)21-14-7-9-16(24)10-8-14;/h5-11,24H,4,12-13H2,1-3H3,(H,19,20)(H,21,25);1H. The minimum absolute atomic E-state index is 0. The molecule has 0 saturated heterocycles. The molecule has 142 valence electrons. The van der Waals surface area contributed by atoms with E-state index in [1.165, 1.54) is 12.1 Å².